The lowest BCUT2D eigenvalue weighted by atomic mass is 9.91. The number of benzene rings is 1. The average molecular weight is 350 g/mol. The summed E-state index contributed by atoms with van der Waals surface area (Å²) in [6.07, 6.45) is 1.77. The van der Waals surface area contributed by atoms with E-state index in [0.717, 1.165) is 25.1 Å². The lowest BCUT2D eigenvalue weighted by Gasteiger charge is -2.37. The van der Waals surface area contributed by atoms with E-state index < -0.39 is 5.60 Å². The molecular formula is C19H30N2O4. The number of rotatable bonds is 4. The fraction of sp³-hybridized carbons (Fsp3) is 0.632. The van der Waals surface area contributed by atoms with E-state index in [1.54, 1.807) is 17.0 Å². The first-order chi connectivity index (χ1) is 11.7. The number of aromatic hydroxyl groups is 1. The minimum absolute atomic E-state index is 0.110. The molecule has 140 valence electrons. The van der Waals surface area contributed by atoms with Crippen molar-refractivity contribution in [2.24, 2.45) is 5.92 Å². The number of hydrogen-bond donors (Lipinski definition) is 2. The van der Waals surface area contributed by atoms with E-state index in [2.05, 4.69) is 12.2 Å². The van der Waals surface area contributed by atoms with Crippen LogP contribution in [0.15, 0.2) is 18.2 Å². The van der Waals surface area contributed by atoms with Crippen LogP contribution in [0.4, 0.5) is 10.5 Å². The lowest BCUT2D eigenvalue weighted by molar-refractivity contribution is 0.0159. The zero-order chi connectivity index (χ0) is 18.6. The van der Waals surface area contributed by atoms with E-state index in [0.29, 0.717) is 18.2 Å². The number of nitrogens with one attached hydrogen (secondary N) is 1. The van der Waals surface area contributed by atoms with Gasteiger partial charge < -0.3 is 24.8 Å². The van der Waals surface area contributed by atoms with Crippen molar-refractivity contribution < 1.29 is 19.4 Å². The molecule has 0 spiro atoms. The second-order valence-corrected chi connectivity index (χ2v) is 7.65. The highest BCUT2D eigenvalue weighted by molar-refractivity contribution is 5.68. The van der Waals surface area contributed by atoms with Crippen LogP contribution >= 0.6 is 0 Å². The Bertz CT molecular complexity index is 598. The molecule has 6 nitrogen and oxygen atoms in total. The second-order valence-electron chi connectivity index (χ2n) is 7.65. The molecule has 2 rings (SSSR count). The fourth-order valence-electron chi connectivity index (χ4n) is 3.07. The van der Waals surface area contributed by atoms with Crippen molar-refractivity contribution >= 4 is 11.8 Å². The van der Waals surface area contributed by atoms with Gasteiger partial charge in [-0.3, -0.25) is 0 Å². The molecular weight excluding hydrogens is 320 g/mol. The van der Waals surface area contributed by atoms with Gasteiger partial charge in [-0.15, -0.1) is 0 Å². The summed E-state index contributed by atoms with van der Waals surface area (Å²) in [6.45, 7) is 9.16. The molecule has 2 N–H and O–H groups in total. The third-order valence-corrected chi connectivity index (χ3v) is 4.39. The molecule has 1 saturated heterocycles. The topological polar surface area (TPSA) is 71.0 Å². The number of amides is 1. The predicted octanol–water partition coefficient (Wildman–Crippen LogP) is 3.85. The van der Waals surface area contributed by atoms with Crippen LogP contribution in [0, 0.1) is 5.92 Å². The molecule has 1 aliphatic rings. The van der Waals surface area contributed by atoms with Crippen LogP contribution in [-0.2, 0) is 4.74 Å². The molecule has 1 heterocycles. The number of anilines is 1. The summed E-state index contributed by atoms with van der Waals surface area (Å²) in [4.78, 5) is 14.1. The van der Waals surface area contributed by atoms with E-state index >= 15 is 0 Å². The average Bonchev–Trinajstić information content (AvgIpc) is 2.53. The van der Waals surface area contributed by atoms with Gasteiger partial charge in [0, 0.05) is 30.9 Å². The third kappa shape index (κ3) is 5.44. The molecule has 25 heavy (non-hydrogen) atoms. The van der Waals surface area contributed by atoms with Gasteiger partial charge in [-0.2, -0.15) is 0 Å². The molecule has 0 radical (unpaired) electrons. The Morgan fingerprint density at radius 1 is 1.40 bits per heavy atom. The monoisotopic (exact) mass is 350 g/mol. The number of piperidine rings is 1. The number of ether oxygens (including phenoxy) is 2. The fourth-order valence-corrected chi connectivity index (χ4v) is 3.07. The summed E-state index contributed by atoms with van der Waals surface area (Å²) in [7, 11) is 1.53. The van der Waals surface area contributed by atoms with Gasteiger partial charge >= 0.3 is 6.09 Å². The standard InChI is InChI=1S/C19H30N2O4/c1-13(20-15-8-9-17(24-5)16(22)11-15)14-7-6-10-21(12-14)18(23)25-19(2,3)4/h8-9,11,13-14,20,22H,6-7,10,12H2,1-5H3. The van der Waals surface area contributed by atoms with Gasteiger partial charge in [0.2, 0.25) is 0 Å². The summed E-state index contributed by atoms with van der Waals surface area (Å²) in [6, 6.07) is 5.43. The van der Waals surface area contributed by atoms with Crippen LogP contribution in [0.1, 0.15) is 40.5 Å². The van der Waals surface area contributed by atoms with Crippen LogP contribution in [-0.4, -0.2) is 47.9 Å². The van der Waals surface area contributed by atoms with E-state index in [9.17, 15) is 9.90 Å². The van der Waals surface area contributed by atoms with E-state index in [4.69, 9.17) is 9.47 Å². The smallest absolute Gasteiger partial charge is 0.410 e. The van der Waals surface area contributed by atoms with E-state index in [1.165, 1.54) is 7.11 Å². The van der Waals surface area contributed by atoms with Crippen LogP contribution in [0.25, 0.3) is 0 Å². The van der Waals surface area contributed by atoms with Crippen LogP contribution < -0.4 is 10.1 Å². The number of phenolic OH excluding ortho intramolecular Hbond substituents is 1. The van der Waals surface area contributed by atoms with Crippen molar-refractivity contribution in [2.75, 3.05) is 25.5 Å². The summed E-state index contributed by atoms with van der Waals surface area (Å²) in [5.74, 6) is 0.885. The second kappa shape index (κ2) is 7.85. The highest BCUT2D eigenvalue weighted by Crippen LogP contribution is 2.30. The summed E-state index contributed by atoms with van der Waals surface area (Å²) in [5.41, 5.74) is 0.356. The largest absolute Gasteiger partial charge is 0.504 e. The van der Waals surface area contributed by atoms with Gasteiger partial charge in [0.05, 0.1) is 7.11 Å². The highest BCUT2D eigenvalue weighted by atomic mass is 16.6. The first kappa shape index (κ1) is 19.2. The summed E-state index contributed by atoms with van der Waals surface area (Å²) >= 11 is 0. The van der Waals surface area contributed by atoms with E-state index in [1.807, 2.05) is 26.8 Å². The van der Waals surface area contributed by atoms with Crippen molar-refractivity contribution in [1.82, 2.24) is 4.90 Å². The minimum Gasteiger partial charge on any atom is -0.504 e. The number of carbonyl (C=O) groups is 1. The Labute approximate surface area is 150 Å². The molecule has 0 bridgehead atoms. The van der Waals surface area contributed by atoms with E-state index in [-0.39, 0.29) is 17.9 Å². The van der Waals surface area contributed by atoms with Crippen molar-refractivity contribution in [2.45, 2.75) is 52.2 Å². The number of likely N-dealkylation sites (tertiary alicyclic amines) is 1. The summed E-state index contributed by atoms with van der Waals surface area (Å²) in [5, 5.41) is 13.3. The first-order valence-corrected chi connectivity index (χ1v) is 8.81. The van der Waals surface area contributed by atoms with Crippen molar-refractivity contribution in [3.05, 3.63) is 18.2 Å². The Morgan fingerprint density at radius 2 is 2.12 bits per heavy atom. The Balaban J connectivity index is 1.96. The number of hydrogen-bond acceptors (Lipinski definition) is 5. The molecule has 0 aliphatic carbocycles. The molecule has 1 fully saturated rings. The maximum Gasteiger partial charge on any atom is 0.410 e. The molecule has 1 aromatic rings. The maximum absolute atomic E-state index is 12.3. The maximum atomic E-state index is 12.3. The molecule has 1 amide bonds. The number of nitrogens with zero attached hydrogens (tertiary/aromatic N) is 1. The van der Waals surface area contributed by atoms with Crippen LogP contribution in [0.5, 0.6) is 11.5 Å². The molecule has 2 unspecified atom stereocenters. The van der Waals surface area contributed by atoms with Gasteiger partial charge in [0.1, 0.15) is 5.60 Å². The molecule has 1 aliphatic heterocycles. The molecule has 6 heteroatoms. The minimum atomic E-state index is -0.478. The zero-order valence-electron chi connectivity index (χ0n) is 15.8. The molecule has 0 saturated carbocycles. The quantitative estimate of drug-likeness (QED) is 0.863. The van der Waals surface area contributed by atoms with Gasteiger partial charge in [0.15, 0.2) is 11.5 Å². The van der Waals surface area contributed by atoms with Gasteiger partial charge in [0.25, 0.3) is 0 Å². The highest BCUT2D eigenvalue weighted by Gasteiger charge is 2.30. The third-order valence-electron chi connectivity index (χ3n) is 4.39. The lowest BCUT2D eigenvalue weighted by Crippen LogP contribution is -2.46. The number of carbonyl (C=O) groups excluding carboxylic acids is 1. The first-order valence-electron chi connectivity index (χ1n) is 8.81. The van der Waals surface area contributed by atoms with Gasteiger partial charge in [-0.25, -0.2) is 4.79 Å². The summed E-state index contributed by atoms with van der Waals surface area (Å²) < 4.78 is 10.6. The Kier molecular flexibility index (Phi) is 6.03. The normalized spacial score (nSPS) is 19.2. The van der Waals surface area contributed by atoms with Gasteiger partial charge in [-0.05, 0) is 58.6 Å². The van der Waals surface area contributed by atoms with Crippen LogP contribution in [0.3, 0.4) is 0 Å². The predicted molar refractivity (Wildman–Crippen MR) is 98.3 cm³/mol. The zero-order valence-corrected chi connectivity index (χ0v) is 15.8. The van der Waals surface area contributed by atoms with Crippen molar-refractivity contribution in [3.63, 3.8) is 0 Å². The van der Waals surface area contributed by atoms with Crippen molar-refractivity contribution in [3.8, 4) is 11.5 Å². The van der Waals surface area contributed by atoms with Crippen LogP contribution in [0.2, 0.25) is 0 Å². The molecule has 2 atom stereocenters. The molecule has 1 aromatic carbocycles. The Hall–Kier alpha value is -2.11. The molecule has 0 aromatic heterocycles. The SMILES string of the molecule is COc1ccc(NC(C)C2CCCN(C(=O)OC(C)(C)C)C2)cc1O. The van der Waals surface area contributed by atoms with Gasteiger partial charge in [-0.1, -0.05) is 0 Å². The Morgan fingerprint density at radius 3 is 2.72 bits per heavy atom. The number of methoxy groups -OCH3 is 1. The van der Waals surface area contributed by atoms with Crippen molar-refractivity contribution in [1.29, 1.82) is 0 Å². The number of phenols is 1.